The van der Waals surface area contributed by atoms with E-state index in [-0.39, 0.29) is 5.78 Å². The lowest BCUT2D eigenvalue weighted by molar-refractivity contribution is 0.0994. The summed E-state index contributed by atoms with van der Waals surface area (Å²) in [7, 11) is 0. The van der Waals surface area contributed by atoms with Crippen LogP contribution in [0.15, 0.2) is 17.5 Å². The summed E-state index contributed by atoms with van der Waals surface area (Å²) in [6.45, 7) is 5.88. The zero-order chi connectivity index (χ0) is 11.8. The lowest BCUT2D eigenvalue weighted by Crippen LogP contribution is -2.24. The van der Waals surface area contributed by atoms with E-state index in [1.54, 1.807) is 0 Å². The smallest absolute Gasteiger partial charge is 0.186 e. The molecule has 0 spiro atoms. The number of hydrogen-bond donors (Lipinski definition) is 1. The van der Waals surface area contributed by atoms with Gasteiger partial charge in [-0.05, 0) is 30.3 Å². The summed E-state index contributed by atoms with van der Waals surface area (Å²) in [5, 5.41) is 5.17. The van der Waals surface area contributed by atoms with Crippen LogP contribution in [0.1, 0.15) is 42.8 Å². The Labute approximate surface area is 102 Å². The summed E-state index contributed by atoms with van der Waals surface area (Å²) < 4.78 is 0. The summed E-state index contributed by atoms with van der Waals surface area (Å²) in [6.07, 6.45) is 3.64. The highest BCUT2D eigenvalue weighted by Crippen LogP contribution is 2.11. The van der Waals surface area contributed by atoms with Gasteiger partial charge in [-0.2, -0.15) is 0 Å². The number of carbonyl (C=O) groups is 1. The fraction of sp³-hybridized carbons (Fsp3) is 0.615. The standard InChI is InChI=1S/C13H21NOS/c1-3-11(4-2)7-8-14-10-12(15)13-6-5-9-16-13/h5-6,9,11,14H,3-4,7-8,10H2,1-2H3. The van der Waals surface area contributed by atoms with Crippen LogP contribution in [0.2, 0.25) is 0 Å². The third kappa shape index (κ3) is 4.45. The highest BCUT2D eigenvalue weighted by molar-refractivity contribution is 7.12. The van der Waals surface area contributed by atoms with E-state index in [4.69, 9.17) is 0 Å². The van der Waals surface area contributed by atoms with E-state index in [2.05, 4.69) is 19.2 Å². The fourth-order valence-electron chi connectivity index (χ4n) is 1.73. The first kappa shape index (κ1) is 13.4. The van der Waals surface area contributed by atoms with Crippen molar-refractivity contribution in [1.82, 2.24) is 5.32 Å². The van der Waals surface area contributed by atoms with E-state index in [0.717, 1.165) is 17.3 Å². The van der Waals surface area contributed by atoms with Gasteiger partial charge in [-0.3, -0.25) is 4.79 Å². The first-order chi connectivity index (χ1) is 7.77. The van der Waals surface area contributed by atoms with E-state index in [9.17, 15) is 4.79 Å². The molecule has 2 nitrogen and oxygen atoms in total. The van der Waals surface area contributed by atoms with Crippen LogP contribution in [-0.4, -0.2) is 18.9 Å². The largest absolute Gasteiger partial charge is 0.310 e. The molecule has 0 atom stereocenters. The average molecular weight is 239 g/mol. The molecule has 0 saturated heterocycles. The van der Waals surface area contributed by atoms with Gasteiger partial charge in [0.05, 0.1) is 11.4 Å². The highest BCUT2D eigenvalue weighted by atomic mass is 32.1. The Bertz CT molecular complexity index is 291. The molecule has 0 aliphatic carbocycles. The second kappa shape index (κ2) is 7.58. The topological polar surface area (TPSA) is 29.1 Å². The number of hydrogen-bond acceptors (Lipinski definition) is 3. The van der Waals surface area contributed by atoms with Crippen molar-refractivity contribution in [2.75, 3.05) is 13.1 Å². The Balaban J connectivity index is 2.14. The molecule has 0 unspecified atom stereocenters. The van der Waals surface area contributed by atoms with E-state index in [0.29, 0.717) is 6.54 Å². The molecule has 1 N–H and O–H groups in total. The molecule has 3 heteroatoms. The monoisotopic (exact) mass is 239 g/mol. The molecular weight excluding hydrogens is 218 g/mol. The summed E-state index contributed by atoms with van der Waals surface area (Å²) in [5.74, 6) is 1.00. The van der Waals surface area contributed by atoms with Gasteiger partial charge in [-0.1, -0.05) is 32.8 Å². The summed E-state index contributed by atoms with van der Waals surface area (Å²) in [5.41, 5.74) is 0. The van der Waals surface area contributed by atoms with Crippen molar-refractivity contribution >= 4 is 17.1 Å². The maximum absolute atomic E-state index is 11.6. The molecule has 1 aromatic rings. The molecule has 0 aromatic carbocycles. The van der Waals surface area contributed by atoms with E-state index >= 15 is 0 Å². The van der Waals surface area contributed by atoms with Crippen molar-refractivity contribution in [2.24, 2.45) is 5.92 Å². The third-order valence-electron chi connectivity index (χ3n) is 2.97. The van der Waals surface area contributed by atoms with Gasteiger partial charge >= 0.3 is 0 Å². The van der Waals surface area contributed by atoms with Crippen molar-refractivity contribution in [3.63, 3.8) is 0 Å². The van der Waals surface area contributed by atoms with Gasteiger partial charge in [-0.15, -0.1) is 11.3 Å². The summed E-state index contributed by atoms with van der Waals surface area (Å²) in [6, 6.07) is 3.80. The Hall–Kier alpha value is -0.670. The zero-order valence-electron chi connectivity index (χ0n) is 10.2. The Morgan fingerprint density at radius 2 is 2.19 bits per heavy atom. The van der Waals surface area contributed by atoms with Crippen molar-refractivity contribution in [3.05, 3.63) is 22.4 Å². The minimum absolute atomic E-state index is 0.208. The Morgan fingerprint density at radius 3 is 2.75 bits per heavy atom. The number of thiophene rings is 1. The quantitative estimate of drug-likeness (QED) is 0.557. The third-order valence-corrected chi connectivity index (χ3v) is 3.88. The Kier molecular flexibility index (Phi) is 6.34. The molecule has 1 rings (SSSR count). The molecule has 0 bridgehead atoms. The van der Waals surface area contributed by atoms with Gasteiger partial charge < -0.3 is 5.32 Å². The average Bonchev–Trinajstić information content (AvgIpc) is 2.82. The van der Waals surface area contributed by atoms with E-state index < -0.39 is 0 Å². The van der Waals surface area contributed by atoms with Crippen molar-refractivity contribution in [1.29, 1.82) is 0 Å². The number of carbonyl (C=O) groups excluding carboxylic acids is 1. The molecule has 0 fully saturated rings. The van der Waals surface area contributed by atoms with Crippen LogP contribution in [0.25, 0.3) is 0 Å². The SMILES string of the molecule is CCC(CC)CCNCC(=O)c1cccs1. The van der Waals surface area contributed by atoms with Gasteiger partial charge in [0, 0.05) is 0 Å². The number of nitrogens with one attached hydrogen (secondary N) is 1. The number of ketones is 1. The minimum Gasteiger partial charge on any atom is -0.310 e. The molecule has 0 aliphatic heterocycles. The van der Waals surface area contributed by atoms with E-state index in [1.165, 1.54) is 30.6 Å². The zero-order valence-corrected chi connectivity index (χ0v) is 11.0. The van der Waals surface area contributed by atoms with Gasteiger partial charge in [0.25, 0.3) is 0 Å². The van der Waals surface area contributed by atoms with Crippen LogP contribution >= 0.6 is 11.3 Å². The molecule has 0 radical (unpaired) electrons. The minimum atomic E-state index is 0.208. The predicted molar refractivity (Wildman–Crippen MR) is 70.2 cm³/mol. The molecular formula is C13H21NOS. The molecule has 0 aliphatic rings. The maximum Gasteiger partial charge on any atom is 0.186 e. The second-order valence-electron chi connectivity index (χ2n) is 4.05. The lowest BCUT2D eigenvalue weighted by Gasteiger charge is -2.11. The molecule has 1 aromatic heterocycles. The number of Topliss-reactive ketones (excluding diaryl/α,β-unsaturated/α-hetero) is 1. The molecule has 1 heterocycles. The fourth-order valence-corrected chi connectivity index (χ4v) is 2.39. The van der Waals surface area contributed by atoms with Crippen molar-refractivity contribution in [2.45, 2.75) is 33.1 Å². The van der Waals surface area contributed by atoms with Crippen LogP contribution < -0.4 is 5.32 Å². The number of rotatable bonds is 8. The first-order valence-electron chi connectivity index (χ1n) is 6.05. The first-order valence-corrected chi connectivity index (χ1v) is 6.93. The molecule has 90 valence electrons. The van der Waals surface area contributed by atoms with Crippen LogP contribution in [0.3, 0.4) is 0 Å². The van der Waals surface area contributed by atoms with Crippen LogP contribution in [-0.2, 0) is 0 Å². The van der Waals surface area contributed by atoms with E-state index in [1.807, 2.05) is 17.5 Å². The maximum atomic E-state index is 11.6. The molecule has 0 amide bonds. The highest BCUT2D eigenvalue weighted by Gasteiger charge is 2.06. The van der Waals surface area contributed by atoms with Gasteiger partial charge in [-0.25, -0.2) is 0 Å². The van der Waals surface area contributed by atoms with Crippen molar-refractivity contribution in [3.8, 4) is 0 Å². The van der Waals surface area contributed by atoms with Crippen LogP contribution in [0, 0.1) is 5.92 Å². The van der Waals surface area contributed by atoms with Crippen LogP contribution in [0.4, 0.5) is 0 Å². The lowest BCUT2D eigenvalue weighted by atomic mass is 10.00. The normalized spacial score (nSPS) is 10.9. The molecule has 0 saturated carbocycles. The Morgan fingerprint density at radius 1 is 1.44 bits per heavy atom. The summed E-state index contributed by atoms with van der Waals surface area (Å²) >= 11 is 1.51. The van der Waals surface area contributed by atoms with Gasteiger partial charge in [0.2, 0.25) is 0 Å². The summed E-state index contributed by atoms with van der Waals surface area (Å²) in [4.78, 5) is 12.5. The van der Waals surface area contributed by atoms with Crippen molar-refractivity contribution < 1.29 is 4.79 Å². The second-order valence-corrected chi connectivity index (χ2v) is 5.00. The predicted octanol–water partition coefficient (Wildman–Crippen LogP) is 3.35. The molecule has 16 heavy (non-hydrogen) atoms. The van der Waals surface area contributed by atoms with Crippen LogP contribution in [0.5, 0.6) is 0 Å². The van der Waals surface area contributed by atoms with Gasteiger partial charge in [0.15, 0.2) is 5.78 Å². The van der Waals surface area contributed by atoms with Gasteiger partial charge in [0.1, 0.15) is 0 Å².